The molecule has 0 amide bonds. The molecule has 0 atom stereocenters. The van der Waals surface area contributed by atoms with Gasteiger partial charge in [-0.05, 0) is 38.1 Å². The molecule has 0 saturated heterocycles. The molecule has 0 bridgehead atoms. The van der Waals surface area contributed by atoms with Gasteiger partial charge < -0.3 is 14.2 Å². The van der Waals surface area contributed by atoms with Crippen LogP contribution in [0, 0.1) is 6.92 Å². The molecular weight excluding hydrogens is 370 g/mol. The van der Waals surface area contributed by atoms with Gasteiger partial charge in [0.1, 0.15) is 18.0 Å². The Hall–Kier alpha value is -2.74. The van der Waals surface area contributed by atoms with Gasteiger partial charge in [-0.15, -0.1) is 0 Å². The van der Waals surface area contributed by atoms with E-state index in [1.807, 2.05) is 6.92 Å². The molecule has 2 aromatic carbocycles. The van der Waals surface area contributed by atoms with E-state index in [9.17, 15) is 13.2 Å². The highest BCUT2D eigenvalue weighted by molar-refractivity contribution is 7.92. The molecule has 0 aliphatic carbocycles. The highest BCUT2D eigenvalue weighted by atomic mass is 32.2. The van der Waals surface area contributed by atoms with Crippen molar-refractivity contribution < 1.29 is 27.4 Å². The van der Waals surface area contributed by atoms with Gasteiger partial charge in [-0.1, -0.05) is 17.7 Å². The topological polar surface area (TPSA) is 82.1 Å². The fourth-order valence-corrected chi connectivity index (χ4v) is 3.87. The van der Waals surface area contributed by atoms with Crippen molar-refractivity contribution in [3.05, 3.63) is 48.0 Å². The van der Waals surface area contributed by atoms with Crippen molar-refractivity contribution in [3.8, 4) is 11.5 Å². The Kier molecular flexibility index (Phi) is 6.68. The predicted molar refractivity (Wildman–Crippen MR) is 102 cm³/mol. The van der Waals surface area contributed by atoms with Gasteiger partial charge in [0.2, 0.25) is 0 Å². The van der Waals surface area contributed by atoms with Crippen LogP contribution in [0.2, 0.25) is 0 Å². The number of esters is 1. The molecule has 146 valence electrons. The maximum atomic E-state index is 13.2. The molecule has 7 nitrogen and oxygen atoms in total. The molecule has 0 fully saturated rings. The van der Waals surface area contributed by atoms with Gasteiger partial charge in [0.25, 0.3) is 10.0 Å². The summed E-state index contributed by atoms with van der Waals surface area (Å²) in [5.74, 6) is 0.0970. The number of benzene rings is 2. The maximum Gasteiger partial charge on any atom is 0.326 e. The summed E-state index contributed by atoms with van der Waals surface area (Å²) < 4.78 is 42.9. The summed E-state index contributed by atoms with van der Waals surface area (Å²) in [6.45, 7) is 3.19. The summed E-state index contributed by atoms with van der Waals surface area (Å²) >= 11 is 0. The second-order valence-corrected chi connectivity index (χ2v) is 7.53. The number of ether oxygens (including phenoxy) is 3. The lowest BCUT2D eigenvalue weighted by molar-refractivity contribution is -0.141. The van der Waals surface area contributed by atoms with E-state index >= 15 is 0 Å². The molecule has 8 heteroatoms. The van der Waals surface area contributed by atoms with Crippen molar-refractivity contribution in [2.24, 2.45) is 0 Å². The van der Waals surface area contributed by atoms with Crippen LogP contribution in [0.4, 0.5) is 5.69 Å². The number of sulfonamides is 1. The maximum absolute atomic E-state index is 13.2. The second kappa shape index (κ2) is 8.77. The van der Waals surface area contributed by atoms with Crippen molar-refractivity contribution in [1.29, 1.82) is 0 Å². The summed E-state index contributed by atoms with van der Waals surface area (Å²) in [6, 6.07) is 11.1. The van der Waals surface area contributed by atoms with E-state index in [0.29, 0.717) is 5.75 Å². The number of aryl methyl sites for hydroxylation is 1. The first-order chi connectivity index (χ1) is 12.8. The van der Waals surface area contributed by atoms with E-state index < -0.39 is 22.5 Å². The van der Waals surface area contributed by atoms with Crippen LogP contribution in [0.5, 0.6) is 11.5 Å². The van der Waals surface area contributed by atoms with E-state index in [1.165, 1.54) is 32.4 Å². The Balaban J connectivity index is 2.58. The third kappa shape index (κ3) is 4.71. The zero-order valence-electron chi connectivity index (χ0n) is 15.8. The minimum absolute atomic E-state index is 0.0651. The number of nitrogens with zero attached hydrogens (tertiary/aromatic N) is 1. The minimum Gasteiger partial charge on any atom is -0.497 e. The fraction of sp³-hybridized carbons (Fsp3) is 0.316. The smallest absolute Gasteiger partial charge is 0.326 e. The average Bonchev–Trinajstić information content (AvgIpc) is 2.66. The van der Waals surface area contributed by atoms with Crippen molar-refractivity contribution in [2.75, 3.05) is 31.7 Å². The van der Waals surface area contributed by atoms with Crippen molar-refractivity contribution >= 4 is 21.7 Å². The number of methoxy groups -OCH3 is 2. The fourth-order valence-electron chi connectivity index (χ4n) is 2.45. The van der Waals surface area contributed by atoms with Crippen LogP contribution in [0.25, 0.3) is 0 Å². The first kappa shape index (κ1) is 20.6. The van der Waals surface area contributed by atoms with Gasteiger partial charge in [-0.3, -0.25) is 9.10 Å². The normalized spacial score (nSPS) is 11.0. The van der Waals surface area contributed by atoms with Crippen molar-refractivity contribution in [2.45, 2.75) is 18.7 Å². The van der Waals surface area contributed by atoms with E-state index in [2.05, 4.69) is 0 Å². The Morgan fingerprint density at radius 3 is 2.26 bits per heavy atom. The van der Waals surface area contributed by atoms with Gasteiger partial charge in [-0.25, -0.2) is 8.42 Å². The Bertz CT molecular complexity index is 893. The van der Waals surface area contributed by atoms with E-state index in [-0.39, 0.29) is 22.9 Å². The SMILES string of the molecule is CCOC(=O)CN(c1ccc(OC)cc1OC)S(=O)(=O)c1ccc(C)cc1. The van der Waals surface area contributed by atoms with Crippen LogP contribution in [-0.4, -0.2) is 41.8 Å². The Morgan fingerprint density at radius 1 is 1.04 bits per heavy atom. The Labute approximate surface area is 159 Å². The van der Waals surface area contributed by atoms with Crippen LogP contribution in [0.3, 0.4) is 0 Å². The zero-order valence-corrected chi connectivity index (χ0v) is 16.6. The molecule has 0 aliphatic rings. The lowest BCUT2D eigenvalue weighted by atomic mass is 10.2. The summed E-state index contributed by atoms with van der Waals surface area (Å²) in [4.78, 5) is 12.2. The molecule has 0 saturated carbocycles. The third-order valence-electron chi connectivity index (χ3n) is 3.84. The monoisotopic (exact) mass is 393 g/mol. The quantitative estimate of drug-likeness (QED) is 0.642. The predicted octanol–water partition coefficient (Wildman–Crippen LogP) is 2.77. The molecule has 27 heavy (non-hydrogen) atoms. The van der Waals surface area contributed by atoms with Crippen LogP contribution < -0.4 is 13.8 Å². The molecule has 2 aromatic rings. The zero-order chi connectivity index (χ0) is 20.0. The molecule has 0 heterocycles. The summed E-state index contributed by atoms with van der Waals surface area (Å²) in [5.41, 5.74) is 1.14. The highest BCUT2D eigenvalue weighted by Crippen LogP contribution is 2.35. The second-order valence-electron chi connectivity index (χ2n) is 5.67. The molecule has 0 aromatic heterocycles. The average molecular weight is 393 g/mol. The van der Waals surface area contributed by atoms with E-state index in [0.717, 1.165) is 9.87 Å². The Morgan fingerprint density at radius 2 is 1.70 bits per heavy atom. The molecule has 0 N–H and O–H groups in total. The van der Waals surface area contributed by atoms with Crippen LogP contribution >= 0.6 is 0 Å². The first-order valence-electron chi connectivity index (χ1n) is 8.30. The number of anilines is 1. The summed E-state index contributed by atoms with van der Waals surface area (Å²) in [5, 5.41) is 0. The molecule has 0 aliphatic heterocycles. The van der Waals surface area contributed by atoms with Crippen molar-refractivity contribution in [1.82, 2.24) is 0 Å². The van der Waals surface area contributed by atoms with Crippen LogP contribution in [-0.2, 0) is 19.6 Å². The molecule has 0 spiro atoms. The van der Waals surface area contributed by atoms with E-state index in [4.69, 9.17) is 14.2 Å². The van der Waals surface area contributed by atoms with Crippen molar-refractivity contribution in [3.63, 3.8) is 0 Å². The lowest BCUT2D eigenvalue weighted by Gasteiger charge is -2.25. The van der Waals surface area contributed by atoms with Gasteiger partial charge in [0.15, 0.2) is 0 Å². The van der Waals surface area contributed by atoms with Crippen LogP contribution in [0.15, 0.2) is 47.4 Å². The summed E-state index contributed by atoms with van der Waals surface area (Å²) in [7, 11) is -1.11. The van der Waals surface area contributed by atoms with E-state index in [1.54, 1.807) is 31.2 Å². The van der Waals surface area contributed by atoms with Gasteiger partial charge >= 0.3 is 5.97 Å². The number of carbonyl (C=O) groups excluding carboxylic acids is 1. The standard InChI is InChI=1S/C19H23NO6S/c1-5-26-19(21)13-20(17-11-8-15(24-3)12-18(17)25-4)27(22,23)16-9-6-14(2)7-10-16/h6-12H,5,13H2,1-4H3. The summed E-state index contributed by atoms with van der Waals surface area (Å²) in [6.07, 6.45) is 0. The van der Waals surface area contributed by atoms with Gasteiger partial charge in [-0.2, -0.15) is 0 Å². The number of carbonyl (C=O) groups is 1. The number of hydrogen-bond acceptors (Lipinski definition) is 6. The molecule has 0 radical (unpaired) electrons. The lowest BCUT2D eigenvalue weighted by Crippen LogP contribution is -2.36. The highest BCUT2D eigenvalue weighted by Gasteiger charge is 2.30. The number of rotatable bonds is 8. The molecule has 0 unspecified atom stereocenters. The first-order valence-corrected chi connectivity index (χ1v) is 9.74. The third-order valence-corrected chi connectivity index (χ3v) is 5.62. The van der Waals surface area contributed by atoms with Crippen LogP contribution in [0.1, 0.15) is 12.5 Å². The minimum atomic E-state index is -4.02. The van der Waals surface area contributed by atoms with Gasteiger partial charge in [0, 0.05) is 6.07 Å². The number of hydrogen-bond donors (Lipinski definition) is 0. The van der Waals surface area contributed by atoms with Gasteiger partial charge in [0.05, 0.1) is 31.4 Å². The largest absolute Gasteiger partial charge is 0.497 e. The molecular formula is C19H23NO6S. The molecule has 2 rings (SSSR count).